The van der Waals surface area contributed by atoms with Crippen LogP contribution in [0.15, 0.2) is 102 Å². The number of ether oxygens (including phenoxy) is 5. The summed E-state index contributed by atoms with van der Waals surface area (Å²) in [6.45, 7) is 8.91. The van der Waals surface area contributed by atoms with Crippen LogP contribution in [-0.4, -0.2) is 94.6 Å². The van der Waals surface area contributed by atoms with Crippen LogP contribution >= 0.6 is 0 Å². The molecule has 4 aliphatic rings. The van der Waals surface area contributed by atoms with E-state index in [9.17, 15) is 34.2 Å². The average molecular weight is 838 g/mol. The number of rotatable bonds is 10. The lowest BCUT2D eigenvalue weighted by molar-refractivity contribution is -0.335. The van der Waals surface area contributed by atoms with E-state index in [0.29, 0.717) is 16.7 Å². The molecule has 7 rings (SSSR count). The van der Waals surface area contributed by atoms with Gasteiger partial charge < -0.3 is 39.2 Å². The number of amides is 1. The molecule has 2 saturated carbocycles. The Bertz CT molecular complexity index is 2230. The molecule has 0 spiro atoms. The topological polar surface area (TPSA) is 201 Å². The number of hydrogen-bond donors (Lipinski definition) is 3. The van der Waals surface area contributed by atoms with E-state index >= 15 is 4.79 Å². The Morgan fingerprint density at radius 3 is 1.95 bits per heavy atom. The molecule has 322 valence electrons. The lowest BCUT2D eigenvalue weighted by Gasteiger charge is -2.66. The van der Waals surface area contributed by atoms with E-state index in [4.69, 9.17) is 23.7 Å². The number of Topliss-reactive ketones (excluding diaryl/α,β-unsaturated/α-hetero) is 1. The predicted molar refractivity (Wildman–Crippen MR) is 216 cm³/mol. The number of benzene rings is 3. The zero-order chi connectivity index (χ0) is 44.0. The number of hydrogen-bond acceptors (Lipinski definition) is 13. The zero-order valence-corrected chi connectivity index (χ0v) is 34.9. The van der Waals surface area contributed by atoms with Crippen LogP contribution in [-0.2, 0) is 42.9 Å². The molecular weight excluding hydrogens is 787 g/mol. The summed E-state index contributed by atoms with van der Waals surface area (Å²) < 4.78 is 30.7. The molecule has 1 aliphatic heterocycles. The van der Waals surface area contributed by atoms with Crippen LogP contribution in [0, 0.1) is 22.7 Å². The largest absolute Gasteiger partial charge is 0.458 e. The molecule has 0 unspecified atom stereocenters. The van der Waals surface area contributed by atoms with Crippen molar-refractivity contribution in [2.75, 3.05) is 6.61 Å². The molecule has 14 heteroatoms. The maximum atomic E-state index is 15.5. The Balaban J connectivity index is 1.36. The molecule has 0 aromatic heterocycles. The van der Waals surface area contributed by atoms with Crippen LogP contribution in [0.4, 0.5) is 0 Å². The molecule has 11 atom stereocenters. The van der Waals surface area contributed by atoms with Gasteiger partial charge in [0.15, 0.2) is 23.6 Å². The van der Waals surface area contributed by atoms with Gasteiger partial charge in [-0.15, -0.1) is 0 Å². The van der Waals surface area contributed by atoms with E-state index in [1.807, 2.05) is 0 Å². The normalized spacial score (nSPS) is 31.0. The van der Waals surface area contributed by atoms with Gasteiger partial charge in [0, 0.05) is 31.7 Å². The number of aliphatic hydroxyl groups excluding tert-OH is 2. The number of carbonyl (C=O) groups excluding carboxylic acids is 6. The second kappa shape index (κ2) is 16.6. The number of ketones is 1. The van der Waals surface area contributed by atoms with E-state index in [1.54, 1.807) is 112 Å². The number of carbonyl (C=O) groups is 6. The van der Waals surface area contributed by atoms with Gasteiger partial charge in [-0.1, -0.05) is 80.6 Å². The van der Waals surface area contributed by atoms with E-state index in [2.05, 4.69) is 5.32 Å². The fraction of sp³-hybridized carbons (Fsp3) is 0.447. The van der Waals surface area contributed by atoms with Gasteiger partial charge in [0.2, 0.25) is 0 Å². The maximum absolute atomic E-state index is 15.5. The fourth-order valence-electron chi connectivity index (χ4n) is 10.3. The minimum absolute atomic E-state index is 0.0642. The van der Waals surface area contributed by atoms with Crippen LogP contribution in [0.25, 0.3) is 0 Å². The summed E-state index contributed by atoms with van der Waals surface area (Å²) >= 11 is 0. The average Bonchev–Trinajstić information content (AvgIpc) is 3.23. The Morgan fingerprint density at radius 1 is 0.803 bits per heavy atom. The van der Waals surface area contributed by atoms with Crippen molar-refractivity contribution >= 4 is 35.6 Å². The first-order valence-corrected chi connectivity index (χ1v) is 20.4. The second-order valence-electron chi connectivity index (χ2n) is 17.2. The van der Waals surface area contributed by atoms with Gasteiger partial charge in [-0.3, -0.25) is 19.2 Å². The van der Waals surface area contributed by atoms with Crippen molar-refractivity contribution < 1.29 is 62.7 Å². The Hall–Kier alpha value is -5.70. The molecule has 61 heavy (non-hydrogen) atoms. The highest BCUT2D eigenvalue weighted by atomic mass is 16.6. The molecule has 3 aromatic rings. The molecule has 3 aromatic carbocycles. The van der Waals surface area contributed by atoms with Crippen LogP contribution in [0.2, 0.25) is 0 Å². The Morgan fingerprint density at radius 2 is 1.39 bits per heavy atom. The predicted octanol–water partition coefficient (Wildman–Crippen LogP) is 4.62. The molecule has 3 fully saturated rings. The molecule has 3 aliphatic carbocycles. The number of fused-ring (bicyclic) bond motifs is 5. The SMILES string of the molecule is CC(=O)O[C@H]1C(=O)[C@@]2(C)[C@H]([C@H](OC(=O)c3ccccc3)[C@@H]3C[C@H](OC(=O)[C@H](O)[C@@H](NC(=O)c4ccccc4)c4ccccc4)C(C)=C1C3(C)C)[C@]1(OC(C)=O)CO[C@@H]1C[C@@H]2O. The van der Waals surface area contributed by atoms with Crippen molar-refractivity contribution in [1.29, 1.82) is 0 Å². The minimum atomic E-state index is -1.94. The van der Waals surface area contributed by atoms with Crippen LogP contribution < -0.4 is 5.32 Å². The quantitative estimate of drug-likeness (QED) is 0.145. The molecule has 14 nitrogen and oxygen atoms in total. The van der Waals surface area contributed by atoms with Crippen molar-refractivity contribution in [2.24, 2.45) is 22.7 Å². The van der Waals surface area contributed by atoms with Crippen molar-refractivity contribution in [2.45, 2.75) is 103 Å². The third-order valence-corrected chi connectivity index (χ3v) is 13.3. The Labute approximate surface area is 353 Å². The van der Waals surface area contributed by atoms with Crippen molar-refractivity contribution in [3.63, 3.8) is 0 Å². The van der Waals surface area contributed by atoms with Crippen molar-refractivity contribution in [3.8, 4) is 0 Å². The highest BCUT2D eigenvalue weighted by Gasteiger charge is 2.75. The smallest absolute Gasteiger partial charge is 0.338 e. The van der Waals surface area contributed by atoms with Gasteiger partial charge in [0.05, 0.1) is 35.6 Å². The first kappa shape index (κ1) is 43.4. The van der Waals surface area contributed by atoms with Gasteiger partial charge in [0.25, 0.3) is 5.91 Å². The summed E-state index contributed by atoms with van der Waals surface area (Å²) in [7, 11) is 0. The molecule has 3 N–H and O–H groups in total. The summed E-state index contributed by atoms with van der Waals surface area (Å²) in [4.78, 5) is 83.3. The lowest BCUT2D eigenvalue weighted by Crippen LogP contribution is -2.79. The summed E-state index contributed by atoms with van der Waals surface area (Å²) in [5.41, 5.74) is -3.12. The molecule has 1 amide bonds. The van der Waals surface area contributed by atoms with E-state index in [0.717, 1.165) is 6.92 Å². The van der Waals surface area contributed by atoms with Crippen LogP contribution in [0.5, 0.6) is 0 Å². The Kier molecular flexibility index (Phi) is 11.8. The van der Waals surface area contributed by atoms with Gasteiger partial charge in [-0.2, -0.15) is 0 Å². The van der Waals surface area contributed by atoms with Crippen LogP contribution in [0.1, 0.15) is 86.7 Å². The third kappa shape index (κ3) is 7.65. The van der Waals surface area contributed by atoms with Gasteiger partial charge in [-0.05, 0) is 66.7 Å². The number of nitrogens with one attached hydrogen (secondary N) is 1. The molecule has 1 saturated heterocycles. The number of aliphatic hydroxyl groups is 2. The lowest BCUT2D eigenvalue weighted by atomic mass is 9.46. The summed E-state index contributed by atoms with van der Waals surface area (Å²) in [6, 6.07) is 23.6. The molecular formula is C47H51NO13. The fourth-order valence-corrected chi connectivity index (χ4v) is 10.3. The first-order chi connectivity index (χ1) is 28.9. The monoisotopic (exact) mass is 837 g/mol. The van der Waals surface area contributed by atoms with Crippen molar-refractivity contribution in [3.05, 3.63) is 119 Å². The summed E-state index contributed by atoms with van der Waals surface area (Å²) in [6.07, 6.45) is -8.64. The molecule has 2 bridgehead atoms. The first-order valence-electron chi connectivity index (χ1n) is 20.4. The number of esters is 4. The maximum Gasteiger partial charge on any atom is 0.338 e. The standard InChI is InChI=1S/C47H51NO13/c1-25-32(59-44(56)37(52)36(28-16-10-7-11-17-28)48-42(54)29-18-12-8-13-19-29)22-31-38(60-43(55)30-20-14-9-15-21-30)40-46(6,33(51)23-34-47(40,24-57-34)61-27(3)50)41(53)39(58-26(2)49)35(25)45(31,4)5/h7-21,31-34,36-40,51-52H,22-24H2,1-6H3,(H,48,54)/t31-,32-,33-,34+,36-,37+,38+,39+,40-,46+,47-/m0/s1. The van der Waals surface area contributed by atoms with E-state index in [-0.39, 0.29) is 30.6 Å². The van der Waals surface area contributed by atoms with E-state index in [1.165, 1.54) is 13.8 Å². The summed E-state index contributed by atoms with van der Waals surface area (Å²) in [5, 5.41) is 26.6. The van der Waals surface area contributed by atoms with E-state index < -0.39 is 107 Å². The third-order valence-electron chi connectivity index (χ3n) is 13.3. The minimum Gasteiger partial charge on any atom is -0.458 e. The molecule has 0 radical (unpaired) electrons. The van der Waals surface area contributed by atoms with Gasteiger partial charge >= 0.3 is 23.9 Å². The summed E-state index contributed by atoms with van der Waals surface area (Å²) in [5.74, 6) is -6.83. The van der Waals surface area contributed by atoms with Crippen molar-refractivity contribution in [1.82, 2.24) is 5.32 Å². The highest BCUT2D eigenvalue weighted by Crippen LogP contribution is 2.63. The second-order valence-corrected chi connectivity index (χ2v) is 17.2. The molecule has 1 heterocycles. The van der Waals surface area contributed by atoms with Gasteiger partial charge in [0.1, 0.15) is 18.3 Å². The zero-order valence-electron chi connectivity index (χ0n) is 34.9. The van der Waals surface area contributed by atoms with Crippen LogP contribution in [0.3, 0.4) is 0 Å². The highest BCUT2D eigenvalue weighted by molar-refractivity contribution is 5.96. The van der Waals surface area contributed by atoms with Gasteiger partial charge in [-0.25, -0.2) is 9.59 Å².